The summed E-state index contributed by atoms with van der Waals surface area (Å²) in [4.78, 5) is 32.7. The van der Waals surface area contributed by atoms with Crippen LogP contribution in [0.4, 0.5) is 5.69 Å². The average Bonchev–Trinajstić information content (AvgIpc) is 3.13. The predicted octanol–water partition coefficient (Wildman–Crippen LogP) is 6.31. The summed E-state index contributed by atoms with van der Waals surface area (Å²) < 4.78 is 5.54. The van der Waals surface area contributed by atoms with Gasteiger partial charge >= 0.3 is 0 Å². The Balaban J connectivity index is 1.95. The molecule has 2 aromatic carbocycles. The Bertz CT molecular complexity index is 1360. The van der Waals surface area contributed by atoms with Crippen LogP contribution in [0.25, 0.3) is 5.76 Å². The molecule has 0 spiro atoms. The maximum absolute atomic E-state index is 13.5. The SMILES string of the molecule is COc1ccc(C(C)(C)C)cc1/C(O)=C1\C(=O)C(=O)N(c2ccc(C(C)(C)C)cc2)C1c1cccnc1. The summed E-state index contributed by atoms with van der Waals surface area (Å²) in [6.45, 7) is 12.5. The van der Waals surface area contributed by atoms with Gasteiger partial charge in [0.1, 0.15) is 11.5 Å². The highest BCUT2D eigenvalue weighted by Gasteiger charge is 2.47. The van der Waals surface area contributed by atoms with Gasteiger partial charge in [0.25, 0.3) is 11.7 Å². The van der Waals surface area contributed by atoms with Crippen molar-refractivity contribution in [3.05, 3.63) is 94.8 Å². The highest BCUT2D eigenvalue weighted by molar-refractivity contribution is 6.51. The van der Waals surface area contributed by atoms with Gasteiger partial charge in [-0.25, -0.2) is 0 Å². The number of pyridine rings is 1. The third-order valence-corrected chi connectivity index (χ3v) is 6.78. The van der Waals surface area contributed by atoms with Crippen molar-refractivity contribution in [3.8, 4) is 5.75 Å². The Morgan fingerprint density at radius 1 is 0.919 bits per heavy atom. The van der Waals surface area contributed by atoms with Crippen molar-refractivity contribution in [1.82, 2.24) is 4.98 Å². The van der Waals surface area contributed by atoms with Gasteiger partial charge in [-0.15, -0.1) is 0 Å². The van der Waals surface area contributed by atoms with Crippen LogP contribution in [0.5, 0.6) is 5.75 Å². The van der Waals surface area contributed by atoms with Crippen LogP contribution in [0.3, 0.4) is 0 Å². The van der Waals surface area contributed by atoms with E-state index in [4.69, 9.17) is 4.74 Å². The van der Waals surface area contributed by atoms with Crippen molar-refractivity contribution in [1.29, 1.82) is 0 Å². The average molecular weight is 499 g/mol. The van der Waals surface area contributed by atoms with E-state index in [-0.39, 0.29) is 22.2 Å². The number of anilines is 1. The number of aromatic nitrogens is 1. The minimum atomic E-state index is -0.850. The molecule has 1 aliphatic heterocycles. The molecule has 0 aliphatic carbocycles. The first-order valence-electron chi connectivity index (χ1n) is 12.3. The summed E-state index contributed by atoms with van der Waals surface area (Å²) in [5.41, 5.74) is 3.35. The number of carbonyl (C=O) groups excluding carboxylic acids is 2. The van der Waals surface area contributed by atoms with Gasteiger partial charge in [0.2, 0.25) is 0 Å². The smallest absolute Gasteiger partial charge is 0.300 e. The summed E-state index contributed by atoms with van der Waals surface area (Å²) in [5.74, 6) is -1.32. The number of hydrogen-bond acceptors (Lipinski definition) is 5. The summed E-state index contributed by atoms with van der Waals surface area (Å²) in [6, 6.07) is 15.8. The number of hydrogen-bond donors (Lipinski definition) is 1. The molecule has 0 saturated carbocycles. The van der Waals surface area contributed by atoms with E-state index in [2.05, 4.69) is 46.5 Å². The first kappa shape index (κ1) is 26.1. The zero-order valence-corrected chi connectivity index (χ0v) is 22.5. The van der Waals surface area contributed by atoms with Crippen LogP contribution in [0, 0.1) is 0 Å². The van der Waals surface area contributed by atoms with Gasteiger partial charge in [-0.05, 0) is 57.9 Å². The molecular formula is C31H34N2O4. The van der Waals surface area contributed by atoms with Gasteiger partial charge in [-0.1, -0.05) is 65.8 Å². The summed E-state index contributed by atoms with van der Waals surface area (Å²) in [5, 5.41) is 11.6. The molecule has 1 N–H and O–H groups in total. The molecule has 1 atom stereocenters. The predicted molar refractivity (Wildman–Crippen MR) is 146 cm³/mol. The lowest BCUT2D eigenvalue weighted by atomic mass is 9.85. The Morgan fingerprint density at radius 3 is 2.08 bits per heavy atom. The molecule has 4 rings (SSSR count). The summed E-state index contributed by atoms with van der Waals surface area (Å²) >= 11 is 0. The molecule has 1 aromatic heterocycles. The van der Waals surface area contributed by atoms with E-state index in [0.29, 0.717) is 22.6 Å². The molecule has 1 saturated heterocycles. The topological polar surface area (TPSA) is 79.7 Å². The maximum atomic E-state index is 13.5. The molecule has 1 unspecified atom stereocenters. The Morgan fingerprint density at radius 2 is 1.54 bits per heavy atom. The molecule has 3 aromatic rings. The summed E-state index contributed by atoms with van der Waals surface area (Å²) in [7, 11) is 1.51. The Hall–Kier alpha value is -3.93. The first-order valence-corrected chi connectivity index (χ1v) is 12.3. The van der Waals surface area contributed by atoms with Crippen LogP contribution < -0.4 is 9.64 Å². The number of nitrogens with zero attached hydrogens (tertiary/aromatic N) is 2. The van der Waals surface area contributed by atoms with E-state index in [0.717, 1.165) is 11.1 Å². The normalized spacial score (nSPS) is 17.8. The van der Waals surface area contributed by atoms with Gasteiger partial charge in [0.05, 0.1) is 24.3 Å². The zero-order chi connectivity index (χ0) is 27.1. The molecule has 6 nitrogen and oxygen atoms in total. The first-order chi connectivity index (χ1) is 17.3. The quantitative estimate of drug-likeness (QED) is 0.259. The van der Waals surface area contributed by atoms with E-state index in [1.54, 1.807) is 30.6 Å². The third kappa shape index (κ3) is 4.88. The second-order valence-electron chi connectivity index (χ2n) is 11.4. The minimum Gasteiger partial charge on any atom is -0.507 e. The van der Waals surface area contributed by atoms with Crippen LogP contribution in [0.1, 0.15) is 69.8 Å². The van der Waals surface area contributed by atoms with Gasteiger partial charge in [0.15, 0.2) is 0 Å². The van der Waals surface area contributed by atoms with Crippen LogP contribution in [-0.4, -0.2) is 28.9 Å². The molecule has 1 fully saturated rings. The van der Waals surface area contributed by atoms with Gasteiger partial charge < -0.3 is 9.84 Å². The van der Waals surface area contributed by atoms with E-state index in [1.807, 2.05) is 36.4 Å². The van der Waals surface area contributed by atoms with Crippen molar-refractivity contribution in [2.24, 2.45) is 0 Å². The number of rotatable bonds is 4. The second-order valence-corrected chi connectivity index (χ2v) is 11.4. The van der Waals surface area contributed by atoms with Crippen LogP contribution in [0.2, 0.25) is 0 Å². The molecule has 1 aliphatic rings. The largest absolute Gasteiger partial charge is 0.507 e. The van der Waals surface area contributed by atoms with Gasteiger partial charge in [-0.3, -0.25) is 19.5 Å². The maximum Gasteiger partial charge on any atom is 0.300 e. The fourth-order valence-electron chi connectivity index (χ4n) is 4.58. The lowest BCUT2D eigenvalue weighted by Gasteiger charge is -2.27. The molecule has 2 heterocycles. The highest BCUT2D eigenvalue weighted by Crippen LogP contribution is 2.44. The number of benzene rings is 2. The number of aliphatic hydroxyl groups is 1. The van der Waals surface area contributed by atoms with Crippen LogP contribution in [-0.2, 0) is 20.4 Å². The van der Waals surface area contributed by atoms with Gasteiger partial charge in [0, 0.05) is 18.1 Å². The third-order valence-electron chi connectivity index (χ3n) is 6.78. The summed E-state index contributed by atoms with van der Waals surface area (Å²) in [6.07, 6.45) is 3.24. The number of carbonyl (C=O) groups is 2. The van der Waals surface area contributed by atoms with Gasteiger partial charge in [-0.2, -0.15) is 0 Å². The van der Waals surface area contributed by atoms with Crippen molar-refractivity contribution in [3.63, 3.8) is 0 Å². The van der Waals surface area contributed by atoms with E-state index in [1.165, 1.54) is 12.0 Å². The highest BCUT2D eigenvalue weighted by atomic mass is 16.5. The molecule has 0 bridgehead atoms. The number of Topliss-reactive ketones (excluding diaryl/α,β-unsaturated/α-hetero) is 1. The van der Waals surface area contributed by atoms with E-state index < -0.39 is 17.7 Å². The number of methoxy groups -OCH3 is 1. The molecule has 1 amide bonds. The van der Waals surface area contributed by atoms with Crippen LogP contribution in [0.15, 0.2) is 72.6 Å². The Labute approximate surface area is 218 Å². The Kier molecular flexibility index (Phi) is 6.72. The molecule has 0 radical (unpaired) electrons. The number of ketones is 1. The van der Waals surface area contributed by atoms with E-state index >= 15 is 0 Å². The second kappa shape index (κ2) is 9.51. The van der Waals surface area contributed by atoms with Crippen molar-refractivity contribution in [2.45, 2.75) is 58.4 Å². The molecule has 192 valence electrons. The molecule has 6 heteroatoms. The minimum absolute atomic E-state index is 0.00209. The fourth-order valence-corrected chi connectivity index (χ4v) is 4.58. The van der Waals surface area contributed by atoms with E-state index in [9.17, 15) is 14.7 Å². The molecular weight excluding hydrogens is 464 g/mol. The monoisotopic (exact) mass is 498 g/mol. The lowest BCUT2D eigenvalue weighted by Crippen LogP contribution is -2.29. The van der Waals surface area contributed by atoms with Crippen molar-refractivity contribution >= 4 is 23.1 Å². The molecule has 37 heavy (non-hydrogen) atoms. The van der Waals surface area contributed by atoms with Crippen molar-refractivity contribution < 1.29 is 19.4 Å². The number of ether oxygens (including phenoxy) is 1. The number of amides is 1. The zero-order valence-electron chi connectivity index (χ0n) is 22.5. The van der Waals surface area contributed by atoms with Crippen molar-refractivity contribution in [2.75, 3.05) is 12.0 Å². The number of aliphatic hydroxyl groups excluding tert-OH is 1. The fraction of sp³-hybridized carbons (Fsp3) is 0.323. The standard InChI is InChI=1S/C31H34N2O4/c1-30(2,3)20-10-13-22(14-11-20)33-26(19-9-8-16-32-18-19)25(28(35)29(33)36)27(34)23-17-21(31(4,5)6)12-15-24(23)37-7/h8-18,26,34H,1-7H3/b27-25+. The lowest BCUT2D eigenvalue weighted by molar-refractivity contribution is -0.132. The van der Waals surface area contributed by atoms with Crippen LogP contribution >= 0.6 is 0 Å².